The maximum absolute atomic E-state index is 14.1. The molecule has 14 nitrogen and oxygen atoms in total. The van der Waals surface area contributed by atoms with Gasteiger partial charge in [0.05, 0.1) is 41.2 Å². The molecular weight excluding hydrogens is 711 g/mol. The highest BCUT2D eigenvalue weighted by molar-refractivity contribution is 7.89. The van der Waals surface area contributed by atoms with Crippen LogP contribution in [0.15, 0.2) is 88.0 Å². The summed E-state index contributed by atoms with van der Waals surface area (Å²) in [6, 6.07) is 18.0. The molecule has 1 aliphatic rings. The van der Waals surface area contributed by atoms with E-state index in [1.807, 2.05) is 44.2 Å². The normalized spacial score (nSPS) is 16.2. The van der Waals surface area contributed by atoms with E-state index >= 15 is 0 Å². The van der Waals surface area contributed by atoms with Crippen molar-refractivity contribution in [3.8, 4) is 0 Å². The number of nitrogens with zero attached hydrogens (tertiary/aromatic N) is 5. The van der Waals surface area contributed by atoms with Crippen molar-refractivity contribution in [2.24, 2.45) is 22.1 Å². The number of rotatable bonds is 18. The third-order valence-corrected chi connectivity index (χ3v) is 11.8. The Hall–Kier alpha value is -4.86. The van der Waals surface area contributed by atoms with Crippen molar-refractivity contribution in [1.82, 2.24) is 24.8 Å². The average Bonchev–Trinajstić information content (AvgIpc) is 3.69. The zero-order valence-corrected chi connectivity index (χ0v) is 32.2. The predicted octanol–water partition coefficient (Wildman–Crippen LogP) is 4.61. The van der Waals surface area contributed by atoms with Gasteiger partial charge in [0.25, 0.3) is 0 Å². The summed E-state index contributed by atoms with van der Waals surface area (Å²) in [7, 11) is -2.50. The number of benzene rings is 2. The number of carbonyl (C=O) groups is 2. The van der Waals surface area contributed by atoms with E-state index in [-0.39, 0.29) is 42.8 Å². The standard InChI is InChI=1S/C39H53N7O7S/c1-5-27(2)37(43-39(49)45(4)25-32-16-11-17-34(41-32)28(3)44-51)38(48)42-35(22-29-12-7-6-8-13-29)36(47)26-46(24-31-14-9-10-15-31)54(52,53)33-20-18-30(19-21-33)23-40-50/h6-8,11-13,16-21,23,27,31,35-37,47,50-51H,5,9-10,14-15,22,24-26H2,1-4H3,(H,42,48)(H,43,49)/t27-,35-,36+,37-/m0/s1. The number of aliphatic hydroxyl groups is 1. The van der Waals surface area contributed by atoms with Crippen LogP contribution in [0.4, 0.5) is 4.79 Å². The van der Waals surface area contributed by atoms with Gasteiger partial charge < -0.3 is 31.1 Å². The second-order valence-electron chi connectivity index (χ2n) is 14.0. The molecule has 1 aliphatic carbocycles. The van der Waals surface area contributed by atoms with Gasteiger partial charge in [0, 0.05) is 20.1 Å². The van der Waals surface area contributed by atoms with Gasteiger partial charge in [-0.1, -0.05) is 92.0 Å². The second-order valence-corrected chi connectivity index (χ2v) is 16.0. The van der Waals surface area contributed by atoms with Gasteiger partial charge in [-0.3, -0.25) is 4.79 Å². The van der Waals surface area contributed by atoms with Crippen molar-refractivity contribution in [1.29, 1.82) is 0 Å². The third-order valence-electron chi connectivity index (χ3n) is 9.99. The van der Waals surface area contributed by atoms with Crippen LogP contribution in [0.5, 0.6) is 0 Å². The zero-order valence-electron chi connectivity index (χ0n) is 31.4. The Bertz CT molecular complexity index is 1840. The molecule has 5 N–H and O–H groups in total. The van der Waals surface area contributed by atoms with Crippen molar-refractivity contribution in [2.75, 3.05) is 20.1 Å². The Labute approximate surface area is 318 Å². The van der Waals surface area contributed by atoms with E-state index in [0.717, 1.165) is 31.2 Å². The summed E-state index contributed by atoms with van der Waals surface area (Å²) in [6.45, 7) is 5.43. The summed E-state index contributed by atoms with van der Waals surface area (Å²) >= 11 is 0. The SMILES string of the molecule is CC[C@H](C)[C@H](NC(=O)N(C)Cc1cccc(C(C)=NO)n1)C(=O)N[C@@H](Cc1ccccc1)[C@H](O)CN(CC1CCCC1)S(=O)(=O)c1ccc(C=NO)cc1. The topological polar surface area (TPSA) is 197 Å². The maximum Gasteiger partial charge on any atom is 0.318 e. The largest absolute Gasteiger partial charge is 0.411 e. The molecule has 0 saturated heterocycles. The molecule has 3 amide bonds. The fraction of sp³-hybridized carbons (Fsp3) is 0.462. The van der Waals surface area contributed by atoms with E-state index in [1.165, 1.54) is 39.7 Å². The number of amides is 3. The Balaban J connectivity index is 1.57. The molecule has 3 aromatic rings. The first-order valence-corrected chi connectivity index (χ1v) is 19.8. The number of nitrogens with one attached hydrogen (secondary N) is 2. The van der Waals surface area contributed by atoms with Crippen LogP contribution in [0.3, 0.4) is 0 Å². The Morgan fingerprint density at radius 2 is 1.69 bits per heavy atom. The molecule has 0 radical (unpaired) electrons. The van der Waals surface area contributed by atoms with Crippen LogP contribution in [0.2, 0.25) is 0 Å². The van der Waals surface area contributed by atoms with Crippen LogP contribution in [-0.4, -0.2) is 100 Å². The fourth-order valence-corrected chi connectivity index (χ4v) is 8.07. The molecule has 1 heterocycles. The highest BCUT2D eigenvalue weighted by Crippen LogP contribution is 2.28. The van der Waals surface area contributed by atoms with Crippen LogP contribution >= 0.6 is 0 Å². The Kier molecular flexibility index (Phi) is 15.5. The van der Waals surface area contributed by atoms with Crippen LogP contribution in [0.25, 0.3) is 0 Å². The minimum absolute atomic E-state index is 0.0358. The molecule has 1 saturated carbocycles. The smallest absolute Gasteiger partial charge is 0.318 e. The minimum Gasteiger partial charge on any atom is -0.411 e. The summed E-state index contributed by atoms with van der Waals surface area (Å²) in [5.74, 6) is -0.673. The lowest BCUT2D eigenvalue weighted by Gasteiger charge is -2.33. The van der Waals surface area contributed by atoms with Gasteiger partial charge in [0.1, 0.15) is 11.8 Å². The molecule has 1 aromatic heterocycles. The number of hydrogen-bond donors (Lipinski definition) is 5. The monoisotopic (exact) mass is 763 g/mol. The molecule has 0 spiro atoms. The number of pyridine rings is 1. The van der Waals surface area contributed by atoms with Gasteiger partial charge in [-0.2, -0.15) is 4.31 Å². The van der Waals surface area contributed by atoms with Crippen molar-refractivity contribution in [2.45, 2.75) is 88.9 Å². The van der Waals surface area contributed by atoms with E-state index in [2.05, 4.69) is 25.9 Å². The number of aliphatic hydroxyl groups excluding tert-OH is 1. The lowest BCUT2D eigenvalue weighted by molar-refractivity contribution is -0.125. The zero-order chi connectivity index (χ0) is 39.3. The molecule has 0 aliphatic heterocycles. The Morgan fingerprint density at radius 3 is 2.31 bits per heavy atom. The van der Waals surface area contributed by atoms with E-state index in [0.29, 0.717) is 29.1 Å². The Morgan fingerprint density at radius 1 is 1.00 bits per heavy atom. The van der Waals surface area contributed by atoms with Gasteiger partial charge in [-0.05, 0) is 73.4 Å². The molecular formula is C39H53N7O7S. The molecule has 1 fully saturated rings. The summed E-state index contributed by atoms with van der Waals surface area (Å²) in [6.07, 6.45) is 4.42. The van der Waals surface area contributed by atoms with E-state index in [1.54, 1.807) is 32.2 Å². The first kappa shape index (κ1) is 41.9. The first-order valence-electron chi connectivity index (χ1n) is 18.3. The molecule has 292 valence electrons. The number of aromatic nitrogens is 1. The second kappa shape index (κ2) is 20.0. The van der Waals surface area contributed by atoms with Crippen LogP contribution in [0, 0.1) is 11.8 Å². The first-order chi connectivity index (χ1) is 25.9. The van der Waals surface area contributed by atoms with Crippen molar-refractivity contribution in [3.63, 3.8) is 0 Å². The average molecular weight is 764 g/mol. The predicted molar refractivity (Wildman–Crippen MR) is 206 cm³/mol. The maximum atomic E-state index is 14.1. The molecule has 0 bridgehead atoms. The van der Waals surface area contributed by atoms with Gasteiger partial charge in [0.2, 0.25) is 15.9 Å². The quantitative estimate of drug-likeness (QED) is 0.0703. The number of hydrogen-bond acceptors (Lipinski definition) is 10. The summed E-state index contributed by atoms with van der Waals surface area (Å²) < 4.78 is 29.5. The van der Waals surface area contributed by atoms with E-state index in [9.17, 15) is 23.1 Å². The van der Waals surface area contributed by atoms with Crippen LogP contribution in [-0.2, 0) is 27.8 Å². The molecule has 0 unspecified atom stereocenters. The lowest BCUT2D eigenvalue weighted by atomic mass is 9.96. The van der Waals surface area contributed by atoms with Crippen molar-refractivity contribution in [3.05, 3.63) is 95.3 Å². The van der Waals surface area contributed by atoms with Gasteiger partial charge >= 0.3 is 6.03 Å². The van der Waals surface area contributed by atoms with Crippen LogP contribution in [0.1, 0.15) is 75.4 Å². The molecule has 2 aromatic carbocycles. The lowest BCUT2D eigenvalue weighted by Crippen LogP contribution is -2.58. The number of carbonyl (C=O) groups excluding carboxylic acids is 2. The molecule has 4 rings (SSSR count). The number of sulfonamides is 1. The molecule has 4 atom stereocenters. The van der Waals surface area contributed by atoms with E-state index < -0.39 is 40.1 Å². The fourth-order valence-electron chi connectivity index (χ4n) is 6.53. The summed E-state index contributed by atoms with van der Waals surface area (Å²) in [4.78, 5) is 33.5. The van der Waals surface area contributed by atoms with Gasteiger partial charge in [0.15, 0.2) is 0 Å². The minimum atomic E-state index is -4.08. The van der Waals surface area contributed by atoms with E-state index in [4.69, 9.17) is 10.4 Å². The van der Waals surface area contributed by atoms with Crippen LogP contribution < -0.4 is 10.6 Å². The highest BCUT2D eigenvalue weighted by atomic mass is 32.2. The number of urea groups is 1. The van der Waals surface area contributed by atoms with Crippen molar-refractivity contribution < 1.29 is 33.5 Å². The number of oxime groups is 2. The van der Waals surface area contributed by atoms with Gasteiger partial charge in [-0.15, -0.1) is 0 Å². The summed E-state index contributed by atoms with van der Waals surface area (Å²) in [5.41, 5.74) is 2.69. The molecule has 54 heavy (non-hydrogen) atoms. The molecule has 15 heteroatoms. The van der Waals surface area contributed by atoms with Crippen molar-refractivity contribution >= 4 is 33.9 Å². The highest BCUT2D eigenvalue weighted by Gasteiger charge is 2.35. The van der Waals surface area contributed by atoms with Gasteiger partial charge in [-0.25, -0.2) is 18.2 Å². The third kappa shape index (κ3) is 11.6. The summed E-state index contributed by atoms with van der Waals surface area (Å²) in [5, 5.41) is 42.0.